The molecule has 1 unspecified atom stereocenters. The van der Waals surface area contributed by atoms with Gasteiger partial charge in [0.25, 0.3) is 5.91 Å². The van der Waals surface area contributed by atoms with Crippen LogP contribution in [0.4, 0.5) is 0 Å². The SMILES string of the molecule is CC(CN(C)C(=O)c1cnc(C(=O)O)cn1)c1nccs1. The van der Waals surface area contributed by atoms with Gasteiger partial charge in [-0.05, 0) is 0 Å². The molecule has 21 heavy (non-hydrogen) atoms. The number of likely N-dealkylation sites (N-methyl/N-ethyl adjacent to an activating group) is 1. The zero-order valence-electron chi connectivity index (χ0n) is 11.6. The quantitative estimate of drug-likeness (QED) is 0.899. The van der Waals surface area contributed by atoms with Crippen molar-refractivity contribution in [3.05, 3.63) is 40.4 Å². The van der Waals surface area contributed by atoms with E-state index in [1.807, 2.05) is 12.3 Å². The summed E-state index contributed by atoms with van der Waals surface area (Å²) in [4.78, 5) is 36.2. The minimum absolute atomic E-state index is 0.116. The number of carboxylic acid groups (broad SMARTS) is 1. The van der Waals surface area contributed by atoms with Gasteiger partial charge in [-0.3, -0.25) is 4.79 Å². The largest absolute Gasteiger partial charge is 0.476 e. The van der Waals surface area contributed by atoms with E-state index in [1.54, 1.807) is 24.6 Å². The first-order valence-corrected chi connectivity index (χ1v) is 7.07. The fourth-order valence-corrected chi connectivity index (χ4v) is 2.48. The molecule has 8 heteroatoms. The number of carbonyl (C=O) groups excluding carboxylic acids is 1. The molecule has 1 amide bonds. The van der Waals surface area contributed by atoms with E-state index in [1.165, 1.54) is 11.1 Å². The second-order valence-corrected chi connectivity index (χ2v) is 5.48. The number of nitrogens with zero attached hydrogens (tertiary/aromatic N) is 4. The normalized spacial score (nSPS) is 11.9. The van der Waals surface area contributed by atoms with Crippen molar-refractivity contribution < 1.29 is 14.7 Å². The third-order valence-electron chi connectivity index (χ3n) is 2.86. The van der Waals surface area contributed by atoms with Crippen LogP contribution in [0.1, 0.15) is 38.8 Å². The van der Waals surface area contributed by atoms with E-state index in [4.69, 9.17) is 5.11 Å². The molecule has 0 bridgehead atoms. The summed E-state index contributed by atoms with van der Waals surface area (Å²) in [5.74, 6) is -1.36. The lowest BCUT2D eigenvalue weighted by atomic mass is 10.2. The van der Waals surface area contributed by atoms with Crippen molar-refractivity contribution >= 4 is 23.2 Å². The molecule has 7 nitrogen and oxygen atoms in total. The molecule has 0 aromatic carbocycles. The lowest BCUT2D eigenvalue weighted by Crippen LogP contribution is -2.31. The van der Waals surface area contributed by atoms with Crippen LogP contribution in [-0.4, -0.2) is 50.4 Å². The van der Waals surface area contributed by atoms with Crippen LogP contribution < -0.4 is 0 Å². The first kappa shape index (κ1) is 15.0. The number of carbonyl (C=O) groups is 2. The first-order valence-electron chi connectivity index (χ1n) is 6.19. The Bertz CT molecular complexity index is 627. The minimum atomic E-state index is -1.17. The van der Waals surface area contributed by atoms with Crippen LogP contribution in [-0.2, 0) is 0 Å². The second kappa shape index (κ2) is 6.40. The monoisotopic (exact) mass is 306 g/mol. The summed E-state index contributed by atoms with van der Waals surface area (Å²) in [7, 11) is 1.67. The van der Waals surface area contributed by atoms with Crippen LogP contribution in [0.3, 0.4) is 0 Å². The summed E-state index contributed by atoms with van der Waals surface area (Å²) < 4.78 is 0. The Labute approximate surface area is 125 Å². The molecule has 0 aliphatic rings. The summed E-state index contributed by atoms with van der Waals surface area (Å²) in [6.07, 6.45) is 3.98. The molecule has 1 N–H and O–H groups in total. The van der Waals surface area contributed by atoms with Crippen molar-refractivity contribution in [3.63, 3.8) is 0 Å². The molecular weight excluding hydrogens is 292 g/mol. The van der Waals surface area contributed by atoms with E-state index in [0.717, 1.165) is 11.2 Å². The molecule has 2 heterocycles. The highest BCUT2D eigenvalue weighted by Crippen LogP contribution is 2.18. The summed E-state index contributed by atoms with van der Waals surface area (Å²) in [5.41, 5.74) is -0.0702. The number of hydrogen-bond donors (Lipinski definition) is 1. The van der Waals surface area contributed by atoms with Gasteiger partial charge in [0.1, 0.15) is 5.69 Å². The van der Waals surface area contributed by atoms with Crippen LogP contribution in [0.15, 0.2) is 24.0 Å². The number of rotatable bonds is 5. The van der Waals surface area contributed by atoms with Gasteiger partial charge < -0.3 is 10.0 Å². The molecule has 110 valence electrons. The lowest BCUT2D eigenvalue weighted by Gasteiger charge is -2.19. The molecule has 0 radical (unpaired) electrons. The highest BCUT2D eigenvalue weighted by Gasteiger charge is 2.18. The zero-order chi connectivity index (χ0) is 15.4. The topological polar surface area (TPSA) is 96.3 Å². The van der Waals surface area contributed by atoms with Gasteiger partial charge in [-0.15, -0.1) is 11.3 Å². The Kier molecular flexibility index (Phi) is 4.59. The van der Waals surface area contributed by atoms with Crippen LogP contribution >= 0.6 is 11.3 Å². The predicted molar refractivity (Wildman–Crippen MR) is 76.5 cm³/mol. The Morgan fingerprint density at radius 2 is 1.95 bits per heavy atom. The van der Waals surface area contributed by atoms with E-state index >= 15 is 0 Å². The molecule has 0 saturated heterocycles. The van der Waals surface area contributed by atoms with E-state index in [2.05, 4.69) is 15.0 Å². The van der Waals surface area contributed by atoms with Gasteiger partial charge >= 0.3 is 5.97 Å². The highest BCUT2D eigenvalue weighted by molar-refractivity contribution is 7.09. The average Bonchev–Trinajstić information content (AvgIpc) is 3.00. The molecule has 2 aromatic rings. The summed E-state index contributed by atoms with van der Waals surface area (Å²) in [6, 6.07) is 0. The number of carboxylic acids is 1. The number of aromatic nitrogens is 3. The van der Waals surface area contributed by atoms with E-state index in [-0.39, 0.29) is 23.2 Å². The van der Waals surface area contributed by atoms with Gasteiger partial charge in [0.05, 0.1) is 17.4 Å². The van der Waals surface area contributed by atoms with Crippen molar-refractivity contribution in [1.82, 2.24) is 19.9 Å². The molecule has 1 atom stereocenters. The van der Waals surface area contributed by atoms with Crippen LogP contribution in [0.25, 0.3) is 0 Å². The fraction of sp³-hybridized carbons (Fsp3) is 0.308. The van der Waals surface area contributed by atoms with Gasteiger partial charge in [-0.2, -0.15) is 0 Å². The summed E-state index contributed by atoms with van der Waals surface area (Å²) >= 11 is 1.54. The number of hydrogen-bond acceptors (Lipinski definition) is 6. The van der Waals surface area contributed by atoms with Crippen LogP contribution in [0, 0.1) is 0 Å². The molecular formula is C13H14N4O3S. The van der Waals surface area contributed by atoms with Gasteiger partial charge in [0.15, 0.2) is 5.69 Å². The van der Waals surface area contributed by atoms with Crippen LogP contribution in [0.5, 0.6) is 0 Å². The van der Waals surface area contributed by atoms with Gasteiger partial charge in [-0.25, -0.2) is 19.7 Å². The predicted octanol–water partition coefficient (Wildman–Crippen LogP) is 1.51. The van der Waals surface area contributed by atoms with Crippen molar-refractivity contribution in [3.8, 4) is 0 Å². The van der Waals surface area contributed by atoms with Gasteiger partial charge in [0, 0.05) is 31.1 Å². The third kappa shape index (κ3) is 3.60. The zero-order valence-corrected chi connectivity index (χ0v) is 12.4. The minimum Gasteiger partial charge on any atom is -0.476 e. The molecule has 2 rings (SSSR count). The van der Waals surface area contributed by atoms with Crippen LogP contribution in [0.2, 0.25) is 0 Å². The average molecular weight is 306 g/mol. The summed E-state index contributed by atoms with van der Waals surface area (Å²) in [6.45, 7) is 2.48. The molecule has 0 saturated carbocycles. The van der Waals surface area contributed by atoms with Crippen molar-refractivity contribution in [2.75, 3.05) is 13.6 Å². The molecule has 2 aromatic heterocycles. The Morgan fingerprint density at radius 3 is 2.48 bits per heavy atom. The van der Waals surface area contributed by atoms with Crippen molar-refractivity contribution in [2.24, 2.45) is 0 Å². The molecule has 0 spiro atoms. The number of amides is 1. The molecule has 0 aliphatic carbocycles. The number of thiazole rings is 1. The second-order valence-electron chi connectivity index (χ2n) is 4.55. The Hall–Kier alpha value is -2.35. The van der Waals surface area contributed by atoms with Crippen molar-refractivity contribution in [2.45, 2.75) is 12.8 Å². The highest BCUT2D eigenvalue weighted by atomic mass is 32.1. The maximum Gasteiger partial charge on any atom is 0.356 e. The summed E-state index contributed by atoms with van der Waals surface area (Å²) in [5, 5.41) is 11.6. The van der Waals surface area contributed by atoms with Gasteiger partial charge in [0.2, 0.25) is 0 Å². The third-order valence-corrected chi connectivity index (χ3v) is 3.86. The number of aromatic carboxylic acids is 1. The maximum absolute atomic E-state index is 12.2. The van der Waals surface area contributed by atoms with E-state index in [9.17, 15) is 9.59 Å². The molecule has 0 fully saturated rings. The first-order chi connectivity index (χ1) is 9.99. The van der Waals surface area contributed by atoms with Gasteiger partial charge in [-0.1, -0.05) is 6.92 Å². The standard InChI is InChI=1S/C13H14N4O3S/c1-8(11-14-3-4-21-11)7-17(2)12(18)9-5-16-10(6-15-9)13(19)20/h3-6,8H,7H2,1-2H3,(H,19,20). The smallest absolute Gasteiger partial charge is 0.356 e. The molecule has 0 aliphatic heterocycles. The van der Waals surface area contributed by atoms with E-state index < -0.39 is 5.97 Å². The lowest BCUT2D eigenvalue weighted by molar-refractivity contribution is 0.0687. The van der Waals surface area contributed by atoms with Crippen molar-refractivity contribution in [1.29, 1.82) is 0 Å². The Balaban J connectivity index is 2.03. The maximum atomic E-state index is 12.2. The Morgan fingerprint density at radius 1 is 1.29 bits per heavy atom. The van der Waals surface area contributed by atoms with E-state index in [0.29, 0.717) is 6.54 Å². The fourth-order valence-electron chi connectivity index (χ4n) is 1.79.